The van der Waals surface area contributed by atoms with Crippen molar-refractivity contribution in [2.75, 3.05) is 26.4 Å². The van der Waals surface area contributed by atoms with Crippen molar-refractivity contribution in [2.24, 2.45) is 50.2 Å². The van der Waals surface area contributed by atoms with Gasteiger partial charge in [-0.15, -0.1) is 0 Å². The Morgan fingerprint density at radius 2 is 1.15 bits per heavy atom. The first-order valence-corrected chi connectivity index (χ1v) is 31.5. The highest BCUT2D eigenvalue weighted by molar-refractivity contribution is 5.79. The summed E-state index contributed by atoms with van der Waals surface area (Å²) in [6.07, 6.45) is -30.1. The summed E-state index contributed by atoms with van der Waals surface area (Å²) in [7, 11) is 0. The van der Waals surface area contributed by atoms with Crippen molar-refractivity contribution in [1.82, 2.24) is 0 Å². The summed E-state index contributed by atoms with van der Waals surface area (Å²) in [5, 5.41) is 153. The Kier molecular flexibility index (Phi) is 19.9. The highest BCUT2D eigenvalue weighted by Gasteiger charge is 2.71. The first kappa shape index (κ1) is 68.6. The van der Waals surface area contributed by atoms with Gasteiger partial charge in [0.1, 0.15) is 110 Å². The zero-order valence-electron chi connectivity index (χ0n) is 51.7. The van der Waals surface area contributed by atoms with Crippen molar-refractivity contribution >= 4 is 11.9 Å². The van der Waals surface area contributed by atoms with E-state index in [-0.39, 0.29) is 47.2 Å². The third-order valence-corrected chi connectivity index (χ3v) is 23.5. The van der Waals surface area contributed by atoms with Gasteiger partial charge in [0.2, 0.25) is 6.29 Å². The summed E-state index contributed by atoms with van der Waals surface area (Å²) in [6.45, 7) is 15.6. The summed E-state index contributed by atoms with van der Waals surface area (Å²) in [5.74, 6) is -1.65. The van der Waals surface area contributed by atoms with Crippen LogP contribution in [0.15, 0.2) is 11.6 Å². The van der Waals surface area contributed by atoms with Crippen LogP contribution in [0.1, 0.15) is 127 Å². The molecule has 5 saturated heterocycles. The number of carbonyl (C=O) groups excluding carboxylic acids is 2. The van der Waals surface area contributed by atoms with Gasteiger partial charge in [0, 0.05) is 12.3 Å². The van der Waals surface area contributed by atoms with Crippen LogP contribution in [0.5, 0.6) is 0 Å². The first-order valence-electron chi connectivity index (χ1n) is 31.5. The maximum Gasteiger partial charge on any atom is 0.315 e. The van der Waals surface area contributed by atoms with E-state index in [9.17, 15) is 76.3 Å². The summed E-state index contributed by atoms with van der Waals surface area (Å²) in [6, 6.07) is 0. The van der Waals surface area contributed by atoms with E-state index in [1.807, 2.05) is 6.92 Å². The van der Waals surface area contributed by atoms with E-state index in [2.05, 4.69) is 40.7 Å². The van der Waals surface area contributed by atoms with E-state index in [1.54, 1.807) is 0 Å². The van der Waals surface area contributed by atoms with Gasteiger partial charge in [0.05, 0.1) is 43.5 Å². The average Bonchev–Trinajstić information content (AvgIpc) is 0.688. The maximum atomic E-state index is 15.3. The van der Waals surface area contributed by atoms with Gasteiger partial charge in [-0.05, 0) is 117 Å². The lowest BCUT2D eigenvalue weighted by Crippen LogP contribution is -2.67. The largest absolute Gasteiger partial charge is 0.463 e. The van der Waals surface area contributed by atoms with Crippen LogP contribution in [-0.2, 0) is 61.7 Å². The molecule has 0 bridgehead atoms. The van der Waals surface area contributed by atoms with Gasteiger partial charge in [-0.25, -0.2) is 0 Å². The third kappa shape index (κ3) is 11.8. The minimum Gasteiger partial charge on any atom is -0.463 e. The molecule has 0 aromatic carbocycles. The van der Waals surface area contributed by atoms with E-state index < -0.39 is 195 Å². The predicted octanol–water partition coefficient (Wildman–Crippen LogP) is -1.97. The summed E-state index contributed by atoms with van der Waals surface area (Å²) in [4.78, 5) is 27.2. The molecule has 0 spiro atoms. The number of hydrogen-bond donors (Lipinski definition) is 14. The fourth-order valence-corrected chi connectivity index (χ4v) is 17.7. The van der Waals surface area contributed by atoms with Crippen molar-refractivity contribution in [3.63, 3.8) is 0 Å². The molecule has 5 heterocycles. The van der Waals surface area contributed by atoms with Gasteiger partial charge >= 0.3 is 11.9 Å². The van der Waals surface area contributed by atoms with E-state index in [4.69, 9.17) is 52.1 Å². The quantitative estimate of drug-likeness (QED) is 0.0509. The number of rotatable bonds is 14. The molecular formula is C61H98O27. The molecule has 14 N–H and O–H groups in total. The van der Waals surface area contributed by atoms with Crippen molar-refractivity contribution in [3.8, 4) is 0 Å². The van der Waals surface area contributed by atoms with Crippen LogP contribution in [0.25, 0.3) is 0 Å². The van der Waals surface area contributed by atoms with E-state index in [1.165, 1.54) is 19.4 Å². The second-order valence-corrected chi connectivity index (χ2v) is 29.1. The number of esters is 2. The van der Waals surface area contributed by atoms with Crippen molar-refractivity contribution in [3.05, 3.63) is 11.6 Å². The molecule has 0 aromatic rings. The Morgan fingerprint density at radius 3 is 1.77 bits per heavy atom. The molecule has 88 heavy (non-hydrogen) atoms. The topological polar surface area (TPSA) is 419 Å². The van der Waals surface area contributed by atoms with Gasteiger partial charge in [-0.1, -0.05) is 53.2 Å². The molecule has 27 heteroatoms. The number of fused-ring (bicyclic) bond motifs is 7. The summed E-state index contributed by atoms with van der Waals surface area (Å²) < 4.78 is 65.1. The third-order valence-electron chi connectivity index (χ3n) is 23.5. The molecule has 5 aliphatic heterocycles. The normalized spacial score (nSPS) is 53.7. The van der Waals surface area contributed by atoms with Crippen molar-refractivity contribution in [2.45, 2.75) is 280 Å². The molecule has 27 nitrogen and oxygen atoms in total. The number of hydrogen-bond acceptors (Lipinski definition) is 27. The average molecular weight is 1260 g/mol. The molecule has 10 aliphatic rings. The van der Waals surface area contributed by atoms with Crippen LogP contribution >= 0.6 is 0 Å². The van der Waals surface area contributed by atoms with Crippen LogP contribution in [-0.4, -0.2) is 263 Å². The minimum absolute atomic E-state index is 0.0746. The molecule has 0 radical (unpaired) electrons. The Balaban J connectivity index is 0.838. The fourth-order valence-electron chi connectivity index (χ4n) is 17.7. The first-order chi connectivity index (χ1) is 41.2. The zero-order chi connectivity index (χ0) is 64.3. The molecular weight excluding hydrogens is 1160 g/mol. The number of ether oxygens (including phenoxy) is 11. The molecule has 4 saturated carbocycles. The van der Waals surface area contributed by atoms with Gasteiger partial charge in [-0.2, -0.15) is 0 Å². The molecule has 504 valence electrons. The highest BCUT2D eigenvalue weighted by atomic mass is 16.8. The molecule has 0 aromatic heterocycles. The Labute approximate surface area is 512 Å². The van der Waals surface area contributed by atoms with E-state index >= 15 is 4.79 Å². The van der Waals surface area contributed by atoms with Gasteiger partial charge in [0.15, 0.2) is 25.2 Å². The van der Waals surface area contributed by atoms with E-state index in [0.29, 0.717) is 57.8 Å². The number of aliphatic hydroxyl groups is 14. The zero-order valence-corrected chi connectivity index (χ0v) is 51.7. The van der Waals surface area contributed by atoms with Crippen LogP contribution in [0.2, 0.25) is 0 Å². The van der Waals surface area contributed by atoms with Gasteiger partial charge in [-0.3, -0.25) is 9.59 Å². The lowest BCUT2D eigenvalue weighted by Gasteiger charge is -2.71. The highest BCUT2D eigenvalue weighted by Crippen LogP contribution is 2.76. The number of allylic oxidation sites excluding steroid dienone is 2. The maximum absolute atomic E-state index is 15.3. The molecule has 9 fully saturated rings. The standard InChI is InChI=1S/C61H98O27/c1-25-36(65)40(69)44(73)51(81-25)86-48-32(23-78-27(3)63)84-50(47(76)43(48)72)80-22-31-39(68)42(71)46(75)53(83-31)88-55(77)61-18-16-56(4,5)20-29(61)28-10-11-34-57(6)14-13-35(58(7,24-62)33(57)12-15-60(34,9)59(28,8)17-19-61)85-54-49(38(67)30(64)21-79-54)87-52-45(74)41(70)37(66)26(2)82-52/h10,25-26,29-54,62,64-76H,11-24H2,1-9H3/t25-,26-,29-,30-,31+,32+,33+,34+,35-,36-,37-,38-,39+,40+,41+,42-,43+,44+,45+,46+,47+,48+,49+,50+,51-,52-,53-,54-,57-,58-,59+,60+,61-/m0/s1. The number of carbonyl (C=O) groups is 2. The molecule has 0 unspecified atom stereocenters. The lowest BCUT2D eigenvalue weighted by molar-refractivity contribution is -0.365. The predicted molar refractivity (Wildman–Crippen MR) is 298 cm³/mol. The van der Waals surface area contributed by atoms with Crippen LogP contribution < -0.4 is 0 Å². The number of aliphatic hydroxyl groups excluding tert-OH is 14. The lowest BCUT2D eigenvalue weighted by atomic mass is 9.33. The Morgan fingerprint density at radius 1 is 0.568 bits per heavy atom. The second kappa shape index (κ2) is 25.5. The SMILES string of the molecule is CC(=O)OC[C@H]1O[C@@H](OC[C@H]2O[C@@H](OC(=O)[C@]34CCC(C)(C)C[C@H]3C3=CC[C@@H]5[C@@]6(C)CC[C@H](O[C@@H]7OC[C@H](O)[C@H](O)[C@H]7O[C@@H]7O[C@@H](C)[C@H](O)[C@@H](O)[C@H]7O)[C@@](C)(CO)[C@@H]6CC[C@@]5(C)[C@]3(C)CC4)[C@H](O)[C@@H](O)[C@@H]2O)[C@H](O)[C@@H](O)[C@@H]1O[C@@H]1O[C@@H](C)[C@H](O)[C@@H](O)[C@H]1O. The molecule has 5 aliphatic carbocycles. The second-order valence-electron chi connectivity index (χ2n) is 29.1. The molecule has 0 amide bonds. The Hall–Kier alpha value is -2.24. The van der Waals surface area contributed by atoms with Crippen LogP contribution in [0, 0.1) is 50.2 Å². The van der Waals surface area contributed by atoms with Gasteiger partial charge in [0.25, 0.3) is 0 Å². The summed E-state index contributed by atoms with van der Waals surface area (Å²) >= 11 is 0. The van der Waals surface area contributed by atoms with E-state index in [0.717, 1.165) is 13.3 Å². The monoisotopic (exact) mass is 1260 g/mol. The van der Waals surface area contributed by atoms with Crippen molar-refractivity contribution in [1.29, 1.82) is 0 Å². The molecule has 10 rings (SSSR count). The van der Waals surface area contributed by atoms with Crippen LogP contribution in [0.3, 0.4) is 0 Å². The fraction of sp³-hybridized carbons (Fsp3) is 0.934. The summed E-state index contributed by atoms with van der Waals surface area (Å²) in [5.41, 5.74) is -2.01. The Bertz CT molecular complexity index is 2490. The van der Waals surface area contributed by atoms with Crippen molar-refractivity contribution < 1.29 is 133 Å². The minimum atomic E-state index is -1.92. The van der Waals surface area contributed by atoms with Crippen LogP contribution in [0.4, 0.5) is 0 Å². The molecule has 33 atom stereocenters. The smallest absolute Gasteiger partial charge is 0.315 e. The van der Waals surface area contributed by atoms with Gasteiger partial charge < -0.3 is 124 Å².